The van der Waals surface area contributed by atoms with Crippen LogP contribution < -0.4 is 5.32 Å². The average Bonchev–Trinajstić information content (AvgIpc) is 2.93. The normalized spacial score (nSPS) is 19.8. The summed E-state index contributed by atoms with van der Waals surface area (Å²) in [6.07, 6.45) is -0.556. The number of nitrogens with zero attached hydrogens (tertiary/aromatic N) is 1. The molecular formula is C13H15F3N2O4S. The van der Waals surface area contributed by atoms with E-state index in [0.717, 1.165) is 25.2 Å². The molecule has 0 saturated carbocycles. The van der Waals surface area contributed by atoms with Crippen molar-refractivity contribution in [1.82, 2.24) is 10.5 Å². The van der Waals surface area contributed by atoms with Crippen molar-refractivity contribution in [2.24, 2.45) is 0 Å². The number of piperidine rings is 1. The van der Waals surface area contributed by atoms with Gasteiger partial charge in [-0.3, -0.25) is 4.79 Å². The quantitative estimate of drug-likeness (QED) is 0.844. The van der Waals surface area contributed by atoms with E-state index >= 15 is 0 Å². The Balaban J connectivity index is 0.000000322. The predicted octanol–water partition coefficient (Wildman–Crippen LogP) is 2.33. The van der Waals surface area contributed by atoms with Crippen molar-refractivity contribution in [3.05, 3.63) is 23.6 Å². The highest BCUT2D eigenvalue weighted by molar-refractivity contribution is 8.14. The van der Waals surface area contributed by atoms with E-state index in [-0.39, 0.29) is 10.4 Å². The largest absolute Gasteiger partial charge is 0.490 e. The predicted molar refractivity (Wildman–Crippen MR) is 77.7 cm³/mol. The third-order valence-electron chi connectivity index (χ3n) is 2.67. The Labute approximate surface area is 134 Å². The molecule has 128 valence electrons. The van der Waals surface area contributed by atoms with Crippen molar-refractivity contribution in [3.8, 4) is 0 Å². The first-order valence-corrected chi connectivity index (χ1v) is 7.37. The van der Waals surface area contributed by atoms with Gasteiger partial charge in [-0.05, 0) is 24.6 Å². The van der Waals surface area contributed by atoms with Crippen LogP contribution in [0.2, 0.25) is 0 Å². The van der Waals surface area contributed by atoms with Crippen molar-refractivity contribution >= 4 is 28.9 Å². The molecule has 0 aromatic carbocycles. The summed E-state index contributed by atoms with van der Waals surface area (Å²) in [5.74, 6) is -2.76. The summed E-state index contributed by atoms with van der Waals surface area (Å²) >= 11 is 1.40. The van der Waals surface area contributed by atoms with Crippen LogP contribution in [0.25, 0.3) is 6.08 Å². The summed E-state index contributed by atoms with van der Waals surface area (Å²) in [5, 5.41) is 14.7. The fourth-order valence-corrected chi connectivity index (χ4v) is 2.67. The summed E-state index contributed by atoms with van der Waals surface area (Å²) in [6.45, 7) is 3.39. The summed E-state index contributed by atoms with van der Waals surface area (Å²) < 4.78 is 36.5. The Kier molecular flexibility index (Phi) is 7.30. The van der Waals surface area contributed by atoms with E-state index < -0.39 is 12.1 Å². The van der Waals surface area contributed by atoms with Crippen molar-refractivity contribution < 1.29 is 32.4 Å². The van der Waals surface area contributed by atoms with E-state index in [2.05, 4.69) is 10.5 Å². The van der Waals surface area contributed by atoms with E-state index in [0.29, 0.717) is 0 Å². The van der Waals surface area contributed by atoms with Crippen molar-refractivity contribution in [2.75, 3.05) is 13.1 Å². The van der Waals surface area contributed by atoms with Gasteiger partial charge in [0.1, 0.15) is 12.0 Å². The summed E-state index contributed by atoms with van der Waals surface area (Å²) in [6, 6.07) is 1.82. The highest BCUT2D eigenvalue weighted by Gasteiger charge is 2.38. The first-order valence-electron chi connectivity index (χ1n) is 6.49. The summed E-state index contributed by atoms with van der Waals surface area (Å²) in [7, 11) is 0. The van der Waals surface area contributed by atoms with Crippen LogP contribution in [-0.4, -0.2) is 45.9 Å². The number of aromatic nitrogens is 1. The number of carbonyl (C=O) groups is 2. The third-order valence-corrected chi connectivity index (χ3v) is 3.82. The third kappa shape index (κ3) is 7.33. The Morgan fingerprint density at radius 2 is 2.17 bits per heavy atom. The van der Waals surface area contributed by atoms with E-state index in [1.54, 1.807) is 13.2 Å². The number of hydrogen-bond acceptors (Lipinski definition) is 6. The fraction of sp³-hybridized carbons (Fsp3) is 0.462. The second-order valence-corrected chi connectivity index (χ2v) is 5.89. The Hall–Kier alpha value is -1.81. The van der Waals surface area contributed by atoms with Crippen LogP contribution in [0, 0.1) is 0 Å². The van der Waals surface area contributed by atoms with Gasteiger partial charge in [0.15, 0.2) is 5.12 Å². The Morgan fingerprint density at radius 1 is 1.52 bits per heavy atom. The lowest BCUT2D eigenvalue weighted by Gasteiger charge is -2.24. The number of halogens is 3. The monoisotopic (exact) mass is 352 g/mol. The van der Waals surface area contributed by atoms with Crippen LogP contribution in [-0.2, 0) is 9.59 Å². The maximum absolute atomic E-state index is 11.1. The van der Waals surface area contributed by atoms with Crippen LogP contribution >= 0.6 is 11.8 Å². The maximum Gasteiger partial charge on any atom is 0.490 e. The molecule has 2 rings (SSSR count). The number of nitrogens with one attached hydrogen (secondary N) is 1. The summed E-state index contributed by atoms with van der Waals surface area (Å²) in [5.41, 5.74) is 2.02. The topological polar surface area (TPSA) is 92.4 Å². The lowest BCUT2D eigenvalue weighted by Crippen LogP contribution is -2.32. The minimum atomic E-state index is -5.08. The molecule has 0 amide bonds. The number of thioether (sulfide) groups is 1. The van der Waals surface area contributed by atoms with Crippen molar-refractivity contribution in [3.63, 3.8) is 0 Å². The minimum absolute atomic E-state index is 0.165. The van der Waals surface area contributed by atoms with Gasteiger partial charge in [-0.15, -0.1) is 0 Å². The number of carboxylic acid groups (broad SMARTS) is 1. The molecule has 1 aliphatic rings. The molecule has 1 unspecified atom stereocenters. The second-order valence-electron chi connectivity index (χ2n) is 4.51. The first-order chi connectivity index (χ1) is 10.7. The molecular weight excluding hydrogens is 337 g/mol. The van der Waals surface area contributed by atoms with Gasteiger partial charge in [-0.2, -0.15) is 13.2 Å². The van der Waals surface area contributed by atoms with Crippen LogP contribution in [0.4, 0.5) is 13.2 Å². The molecule has 1 aliphatic heterocycles. The number of carboxylic acids is 1. The van der Waals surface area contributed by atoms with Crippen LogP contribution in [0.1, 0.15) is 19.0 Å². The number of hydrogen-bond donors (Lipinski definition) is 2. The lowest BCUT2D eigenvalue weighted by atomic mass is 10.0. The van der Waals surface area contributed by atoms with E-state index in [4.69, 9.17) is 14.4 Å². The average molecular weight is 352 g/mol. The number of aliphatic carboxylic acids is 1. The highest BCUT2D eigenvalue weighted by Crippen LogP contribution is 2.26. The molecule has 0 aliphatic carbocycles. The first kappa shape index (κ1) is 19.2. The second kappa shape index (κ2) is 8.73. The zero-order valence-corrected chi connectivity index (χ0v) is 12.9. The molecule has 0 spiro atoms. The molecule has 1 atom stereocenters. The van der Waals surface area contributed by atoms with E-state index in [1.165, 1.54) is 17.3 Å². The SMILES string of the molecule is CC(=O)SC1CCNCC1=Cc1ccon1.O=C(O)C(F)(F)F. The standard InChI is InChI=1S/C11H14N2O2S.C2HF3O2/c1-8(14)16-11-2-4-12-7-9(11)6-10-3-5-15-13-10;3-2(4,5)1(6)7/h3,5-6,11-12H,2,4,7H2,1H3;(H,6,7). The van der Waals surface area contributed by atoms with Gasteiger partial charge in [-0.1, -0.05) is 16.9 Å². The highest BCUT2D eigenvalue weighted by atomic mass is 32.2. The Morgan fingerprint density at radius 3 is 2.65 bits per heavy atom. The van der Waals surface area contributed by atoms with Gasteiger partial charge in [-0.25, -0.2) is 4.79 Å². The molecule has 10 heteroatoms. The van der Waals surface area contributed by atoms with Crippen LogP contribution in [0.3, 0.4) is 0 Å². The van der Waals surface area contributed by atoms with Crippen LogP contribution in [0.15, 0.2) is 22.4 Å². The number of carbonyl (C=O) groups excluding carboxylic acids is 1. The van der Waals surface area contributed by atoms with Crippen LogP contribution in [0.5, 0.6) is 0 Å². The zero-order chi connectivity index (χ0) is 17.5. The van der Waals surface area contributed by atoms with E-state index in [1.807, 2.05) is 12.1 Å². The fourth-order valence-electron chi connectivity index (χ4n) is 1.73. The molecule has 1 saturated heterocycles. The molecule has 23 heavy (non-hydrogen) atoms. The van der Waals surface area contributed by atoms with Gasteiger partial charge >= 0.3 is 12.1 Å². The van der Waals surface area contributed by atoms with Crippen molar-refractivity contribution in [1.29, 1.82) is 0 Å². The lowest BCUT2D eigenvalue weighted by molar-refractivity contribution is -0.192. The molecule has 2 N–H and O–H groups in total. The summed E-state index contributed by atoms with van der Waals surface area (Å²) in [4.78, 5) is 20.0. The van der Waals surface area contributed by atoms with Gasteiger partial charge in [0.25, 0.3) is 0 Å². The van der Waals surface area contributed by atoms with E-state index in [9.17, 15) is 18.0 Å². The maximum atomic E-state index is 11.1. The smallest absolute Gasteiger partial charge is 0.475 e. The van der Waals surface area contributed by atoms with Gasteiger partial charge < -0.3 is 14.9 Å². The zero-order valence-electron chi connectivity index (χ0n) is 12.1. The molecule has 6 nitrogen and oxygen atoms in total. The molecule has 1 aromatic rings. The number of alkyl halides is 3. The van der Waals surface area contributed by atoms with Gasteiger partial charge in [0.2, 0.25) is 0 Å². The Bertz CT molecular complexity index is 558. The molecule has 0 bridgehead atoms. The van der Waals surface area contributed by atoms with Gasteiger partial charge in [0, 0.05) is 24.8 Å². The van der Waals surface area contributed by atoms with Crippen molar-refractivity contribution in [2.45, 2.75) is 24.8 Å². The molecule has 1 fully saturated rings. The molecule has 0 radical (unpaired) electrons. The minimum Gasteiger partial charge on any atom is -0.475 e. The molecule has 2 heterocycles. The number of rotatable bonds is 2. The van der Waals surface area contributed by atoms with Gasteiger partial charge in [0.05, 0.1) is 0 Å². The molecule has 1 aromatic heterocycles.